The number of hydrogen-bond donors (Lipinski definition) is 0. The molecule has 152 valence electrons. The summed E-state index contributed by atoms with van der Waals surface area (Å²) in [7, 11) is 0. The van der Waals surface area contributed by atoms with E-state index >= 15 is 0 Å². The summed E-state index contributed by atoms with van der Waals surface area (Å²) in [5.41, 5.74) is 0. The highest BCUT2D eigenvalue weighted by atomic mass is 19.1. The number of rotatable bonds is 8. The van der Waals surface area contributed by atoms with Gasteiger partial charge in [-0.15, -0.1) is 0 Å². The van der Waals surface area contributed by atoms with E-state index in [2.05, 4.69) is 6.92 Å². The van der Waals surface area contributed by atoms with E-state index in [9.17, 15) is 4.39 Å². The molecule has 0 aliphatic heterocycles. The molecule has 3 saturated carbocycles. The van der Waals surface area contributed by atoms with Gasteiger partial charge in [-0.3, -0.25) is 4.39 Å². The van der Waals surface area contributed by atoms with E-state index in [1.807, 2.05) is 0 Å². The Morgan fingerprint density at radius 3 is 1.38 bits per heavy atom. The Kier molecular flexibility index (Phi) is 8.79. The van der Waals surface area contributed by atoms with Gasteiger partial charge in [0.05, 0.1) is 6.67 Å². The van der Waals surface area contributed by atoms with Gasteiger partial charge in [0.15, 0.2) is 0 Å². The summed E-state index contributed by atoms with van der Waals surface area (Å²) in [4.78, 5) is 0. The molecule has 0 N–H and O–H groups in total. The first-order valence-corrected chi connectivity index (χ1v) is 12.4. The molecule has 3 rings (SSSR count). The minimum absolute atomic E-state index is 0.0687. The van der Waals surface area contributed by atoms with E-state index in [0.717, 1.165) is 29.6 Å². The molecule has 0 spiro atoms. The van der Waals surface area contributed by atoms with Crippen LogP contribution in [0.15, 0.2) is 0 Å². The van der Waals surface area contributed by atoms with Crippen LogP contribution in [-0.2, 0) is 0 Å². The van der Waals surface area contributed by atoms with Crippen molar-refractivity contribution >= 4 is 0 Å². The van der Waals surface area contributed by atoms with Gasteiger partial charge in [0.25, 0.3) is 0 Å². The Morgan fingerprint density at radius 2 is 0.962 bits per heavy atom. The SMILES string of the molecule is CCCCCCC1CCC(C2CCC(C3CCC(CF)CC3)CC2)CC1. The van der Waals surface area contributed by atoms with E-state index in [1.54, 1.807) is 0 Å². The van der Waals surface area contributed by atoms with Gasteiger partial charge in [0, 0.05) is 0 Å². The van der Waals surface area contributed by atoms with E-state index < -0.39 is 0 Å². The molecule has 0 bridgehead atoms. The second-order valence-electron chi connectivity index (χ2n) is 10.2. The van der Waals surface area contributed by atoms with Crippen molar-refractivity contribution in [1.29, 1.82) is 0 Å². The van der Waals surface area contributed by atoms with Crippen molar-refractivity contribution in [3.05, 3.63) is 0 Å². The standard InChI is InChI=1S/C25H45F/c1-2-3-4-5-6-20-7-11-22(12-8-20)24-15-17-25(18-16-24)23-13-9-21(19-26)10-14-23/h20-25H,2-19H2,1H3. The van der Waals surface area contributed by atoms with E-state index in [-0.39, 0.29) is 6.67 Å². The molecule has 0 aromatic rings. The van der Waals surface area contributed by atoms with Crippen molar-refractivity contribution in [2.45, 2.75) is 116 Å². The van der Waals surface area contributed by atoms with Crippen molar-refractivity contribution in [1.82, 2.24) is 0 Å². The third-order valence-electron chi connectivity index (χ3n) is 8.62. The van der Waals surface area contributed by atoms with Crippen molar-refractivity contribution in [2.75, 3.05) is 6.67 Å². The predicted molar refractivity (Wildman–Crippen MR) is 111 cm³/mol. The van der Waals surface area contributed by atoms with Crippen LogP contribution >= 0.6 is 0 Å². The second-order valence-corrected chi connectivity index (χ2v) is 10.2. The first-order chi connectivity index (χ1) is 12.8. The van der Waals surface area contributed by atoms with Gasteiger partial charge in [-0.25, -0.2) is 0 Å². The smallest absolute Gasteiger partial charge is 0.0922 e. The third kappa shape index (κ3) is 5.96. The molecule has 0 atom stereocenters. The van der Waals surface area contributed by atoms with Crippen LogP contribution in [0.1, 0.15) is 116 Å². The Morgan fingerprint density at radius 1 is 0.538 bits per heavy atom. The minimum atomic E-state index is -0.0687. The maximum atomic E-state index is 12.8. The summed E-state index contributed by atoms with van der Waals surface area (Å²) >= 11 is 0. The molecule has 0 aromatic heterocycles. The molecule has 1 heteroatoms. The van der Waals surface area contributed by atoms with E-state index in [1.165, 1.54) is 109 Å². The maximum absolute atomic E-state index is 12.8. The highest BCUT2D eigenvalue weighted by molar-refractivity contribution is 4.85. The molecule has 0 unspecified atom stereocenters. The van der Waals surface area contributed by atoms with Crippen LogP contribution in [0.2, 0.25) is 0 Å². The lowest BCUT2D eigenvalue weighted by Gasteiger charge is -2.41. The summed E-state index contributed by atoms with van der Waals surface area (Å²) in [6.07, 6.45) is 24.4. The van der Waals surface area contributed by atoms with Gasteiger partial charge >= 0.3 is 0 Å². The molecule has 0 aromatic carbocycles. The lowest BCUT2D eigenvalue weighted by Crippen LogP contribution is -2.30. The zero-order chi connectivity index (χ0) is 18.2. The summed E-state index contributed by atoms with van der Waals surface area (Å²) < 4.78 is 12.8. The minimum Gasteiger partial charge on any atom is -0.251 e. The van der Waals surface area contributed by atoms with Crippen LogP contribution in [0.3, 0.4) is 0 Å². The number of alkyl halides is 1. The lowest BCUT2D eigenvalue weighted by atomic mass is 9.65. The van der Waals surface area contributed by atoms with Crippen LogP contribution < -0.4 is 0 Å². The Balaban J connectivity index is 1.31. The number of unbranched alkanes of at least 4 members (excludes halogenated alkanes) is 3. The van der Waals surface area contributed by atoms with Crippen LogP contribution in [0.25, 0.3) is 0 Å². The van der Waals surface area contributed by atoms with E-state index in [0.29, 0.717) is 5.92 Å². The molecule has 0 saturated heterocycles. The van der Waals surface area contributed by atoms with Gasteiger partial charge in [-0.1, -0.05) is 51.9 Å². The Labute approximate surface area is 163 Å². The molecule has 3 aliphatic carbocycles. The Hall–Kier alpha value is -0.0700. The first kappa shape index (κ1) is 20.7. The van der Waals surface area contributed by atoms with Crippen LogP contribution in [0.4, 0.5) is 4.39 Å². The van der Waals surface area contributed by atoms with E-state index in [4.69, 9.17) is 0 Å². The normalized spacial score (nSPS) is 39.0. The highest BCUT2D eigenvalue weighted by Gasteiger charge is 2.34. The molecule has 26 heavy (non-hydrogen) atoms. The monoisotopic (exact) mass is 364 g/mol. The summed E-state index contributed by atoms with van der Waals surface area (Å²) in [5, 5.41) is 0. The topological polar surface area (TPSA) is 0 Å². The predicted octanol–water partition coefficient (Wildman–Crippen LogP) is 8.35. The fourth-order valence-electron chi connectivity index (χ4n) is 6.71. The largest absolute Gasteiger partial charge is 0.251 e. The summed E-state index contributed by atoms with van der Waals surface area (Å²) in [5.74, 6) is 5.50. The molecule has 0 radical (unpaired) electrons. The van der Waals surface area contributed by atoms with Crippen molar-refractivity contribution in [3.63, 3.8) is 0 Å². The highest BCUT2D eigenvalue weighted by Crippen LogP contribution is 2.46. The quantitative estimate of drug-likeness (QED) is 0.380. The molecule has 0 heterocycles. The van der Waals surface area contributed by atoms with Crippen molar-refractivity contribution < 1.29 is 4.39 Å². The van der Waals surface area contributed by atoms with Gasteiger partial charge < -0.3 is 0 Å². The first-order valence-electron chi connectivity index (χ1n) is 12.4. The fraction of sp³-hybridized carbons (Fsp3) is 1.00. The second kappa shape index (κ2) is 11.1. The zero-order valence-electron chi connectivity index (χ0n) is 17.6. The molecular weight excluding hydrogens is 319 g/mol. The van der Waals surface area contributed by atoms with Gasteiger partial charge in [0.1, 0.15) is 0 Å². The number of halogens is 1. The van der Waals surface area contributed by atoms with Crippen LogP contribution in [0, 0.1) is 35.5 Å². The summed E-state index contributed by atoms with van der Waals surface area (Å²) in [6.45, 7) is 2.25. The molecular formula is C25H45F. The molecule has 3 fully saturated rings. The average Bonchev–Trinajstić information content (AvgIpc) is 2.72. The zero-order valence-corrected chi connectivity index (χ0v) is 17.6. The summed E-state index contributed by atoms with van der Waals surface area (Å²) in [6, 6.07) is 0. The Bertz CT molecular complexity index is 354. The van der Waals surface area contributed by atoms with Crippen LogP contribution in [-0.4, -0.2) is 6.67 Å². The maximum Gasteiger partial charge on any atom is 0.0922 e. The van der Waals surface area contributed by atoms with Crippen molar-refractivity contribution in [2.24, 2.45) is 35.5 Å². The third-order valence-corrected chi connectivity index (χ3v) is 8.62. The molecule has 0 amide bonds. The molecule has 0 nitrogen and oxygen atoms in total. The average molecular weight is 365 g/mol. The molecule has 3 aliphatic rings. The van der Waals surface area contributed by atoms with Crippen LogP contribution in [0.5, 0.6) is 0 Å². The van der Waals surface area contributed by atoms with Crippen molar-refractivity contribution in [3.8, 4) is 0 Å². The number of hydrogen-bond acceptors (Lipinski definition) is 0. The van der Waals surface area contributed by atoms with Gasteiger partial charge in [0.2, 0.25) is 0 Å². The van der Waals surface area contributed by atoms with Gasteiger partial charge in [-0.05, 0) is 99.7 Å². The lowest BCUT2D eigenvalue weighted by molar-refractivity contribution is 0.0999. The van der Waals surface area contributed by atoms with Gasteiger partial charge in [-0.2, -0.15) is 0 Å². The fourth-order valence-corrected chi connectivity index (χ4v) is 6.71.